The Bertz CT molecular complexity index is 225. The van der Waals surface area contributed by atoms with Gasteiger partial charge in [-0.05, 0) is 25.7 Å². The first kappa shape index (κ1) is 11.0. The van der Waals surface area contributed by atoms with Gasteiger partial charge in [0.1, 0.15) is 6.04 Å². The second-order valence-electron chi connectivity index (χ2n) is 3.34. The van der Waals surface area contributed by atoms with E-state index >= 15 is 0 Å². The number of carbonyl (C=O) groups is 2. The first-order valence-corrected chi connectivity index (χ1v) is 4.77. The molecule has 80 valence electrons. The van der Waals surface area contributed by atoms with Gasteiger partial charge in [-0.25, -0.2) is 0 Å². The lowest BCUT2D eigenvalue weighted by Crippen LogP contribution is -2.42. The smallest absolute Gasteiger partial charge is 0.323 e. The molecule has 0 bridgehead atoms. The van der Waals surface area contributed by atoms with E-state index in [0.29, 0.717) is 6.61 Å². The van der Waals surface area contributed by atoms with Crippen molar-refractivity contribution in [1.29, 1.82) is 0 Å². The zero-order valence-electron chi connectivity index (χ0n) is 8.16. The fraction of sp³-hybridized carbons (Fsp3) is 0.778. The summed E-state index contributed by atoms with van der Waals surface area (Å²) < 4.78 is 4.84. The van der Waals surface area contributed by atoms with Crippen LogP contribution >= 0.6 is 0 Å². The molecule has 0 aromatic heterocycles. The lowest BCUT2D eigenvalue weighted by molar-refractivity contribution is -0.146. The van der Waals surface area contributed by atoms with Gasteiger partial charge in [0.05, 0.1) is 13.2 Å². The van der Waals surface area contributed by atoms with E-state index in [0.717, 1.165) is 12.8 Å². The summed E-state index contributed by atoms with van der Waals surface area (Å²) in [6, 6.07) is -0.439. The lowest BCUT2D eigenvalue weighted by atomic mass is 10.2. The Morgan fingerprint density at radius 1 is 1.57 bits per heavy atom. The summed E-state index contributed by atoms with van der Waals surface area (Å²) in [5.74, 6) is -1.04. The van der Waals surface area contributed by atoms with E-state index < -0.39 is 12.0 Å². The molecule has 1 unspecified atom stereocenters. The maximum atomic E-state index is 11.4. The molecule has 1 fully saturated rings. The molecule has 5 nitrogen and oxygen atoms in total. The molecule has 2 N–H and O–H groups in total. The number of carboxylic acid groups (broad SMARTS) is 1. The minimum Gasteiger partial charge on any atom is -0.480 e. The van der Waals surface area contributed by atoms with Crippen molar-refractivity contribution in [2.24, 2.45) is 5.92 Å². The van der Waals surface area contributed by atoms with Crippen molar-refractivity contribution in [3.63, 3.8) is 0 Å². The molecule has 1 aliphatic rings. The van der Waals surface area contributed by atoms with Crippen molar-refractivity contribution in [1.82, 2.24) is 5.32 Å². The van der Waals surface area contributed by atoms with E-state index in [-0.39, 0.29) is 18.4 Å². The highest BCUT2D eigenvalue weighted by Crippen LogP contribution is 2.33. The van der Waals surface area contributed by atoms with Crippen molar-refractivity contribution in [3.8, 4) is 0 Å². The SMILES string of the molecule is CCOC(=O)C(NCC(=O)O)C1CC1. The van der Waals surface area contributed by atoms with Crippen molar-refractivity contribution in [3.05, 3.63) is 0 Å². The highest BCUT2D eigenvalue weighted by Gasteiger charge is 2.37. The zero-order chi connectivity index (χ0) is 10.6. The second kappa shape index (κ2) is 4.95. The van der Waals surface area contributed by atoms with Crippen LogP contribution in [-0.4, -0.2) is 36.2 Å². The van der Waals surface area contributed by atoms with Gasteiger partial charge in [-0.1, -0.05) is 0 Å². The van der Waals surface area contributed by atoms with Gasteiger partial charge in [-0.3, -0.25) is 14.9 Å². The second-order valence-corrected chi connectivity index (χ2v) is 3.34. The van der Waals surface area contributed by atoms with Crippen LogP contribution in [0.15, 0.2) is 0 Å². The average molecular weight is 201 g/mol. The Kier molecular flexibility index (Phi) is 3.88. The third-order valence-electron chi connectivity index (χ3n) is 2.11. The predicted molar refractivity (Wildman–Crippen MR) is 48.8 cm³/mol. The molecule has 0 aromatic carbocycles. The van der Waals surface area contributed by atoms with Gasteiger partial charge in [0, 0.05) is 0 Å². The van der Waals surface area contributed by atoms with E-state index in [2.05, 4.69) is 5.32 Å². The average Bonchev–Trinajstić information content (AvgIpc) is 2.88. The third-order valence-corrected chi connectivity index (χ3v) is 2.11. The van der Waals surface area contributed by atoms with Crippen LogP contribution in [-0.2, 0) is 14.3 Å². The van der Waals surface area contributed by atoms with Crippen LogP contribution in [0.2, 0.25) is 0 Å². The standard InChI is InChI=1S/C9H15NO4/c1-2-14-9(13)8(6-3-4-6)10-5-7(11)12/h6,8,10H,2-5H2,1H3,(H,11,12). The number of aliphatic carboxylic acids is 1. The monoisotopic (exact) mass is 201 g/mol. The summed E-state index contributed by atoms with van der Waals surface area (Å²) in [5, 5.41) is 11.2. The number of carbonyl (C=O) groups excluding carboxylic acids is 1. The Hall–Kier alpha value is -1.10. The van der Waals surface area contributed by atoms with Crippen molar-refractivity contribution >= 4 is 11.9 Å². The molecule has 1 rings (SSSR count). The molecule has 0 aliphatic heterocycles. The normalized spacial score (nSPS) is 17.5. The van der Waals surface area contributed by atoms with Gasteiger partial charge in [-0.2, -0.15) is 0 Å². The van der Waals surface area contributed by atoms with Gasteiger partial charge in [0.25, 0.3) is 0 Å². The number of ether oxygens (including phenoxy) is 1. The highest BCUT2D eigenvalue weighted by atomic mass is 16.5. The van der Waals surface area contributed by atoms with Gasteiger partial charge in [0.2, 0.25) is 0 Å². The highest BCUT2D eigenvalue weighted by molar-refractivity contribution is 5.78. The molecule has 0 heterocycles. The Labute approximate surface area is 82.4 Å². The summed E-state index contributed by atoms with van der Waals surface area (Å²) in [6.45, 7) is 1.87. The van der Waals surface area contributed by atoms with Crippen LogP contribution in [0.3, 0.4) is 0 Å². The minimum absolute atomic E-state index is 0.194. The summed E-state index contributed by atoms with van der Waals surface area (Å²) >= 11 is 0. The van der Waals surface area contributed by atoms with Crippen LogP contribution in [0.1, 0.15) is 19.8 Å². The van der Waals surface area contributed by atoms with Crippen LogP contribution in [0.5, 0.6) is 0 Å². The molecule has 1 atom stereocenters. The molecule has 0 radical (unpaired) electrons. The molecular formula is C9H15NO4. The Balaban J connectivity index is 2.38. The van der Waals surface area contributed by atoms with Gasteiger partial charge in [0.15, 0.2) is 0 Å². The van der Waals surface area contributed by atoms with E-state index in [1.807, 2.05) is 0 Å². The lowest BCUT2D eigenvalue weighted by Gasteiger charge is -2.14. The van der Waals surface area contributed by atoms with Gasteiger partial charge >= 0.3 is 11.9 Å². The number of rotatable bonds is 6. The summed E-state index contributed by atoms with van der Waals surface area (Å²) in [7, 11) is 0. The van der Waals surface area contributed by atoms with E-state index in [1.54, 1.807) is 6.92 Å². The number of nitrogens with one attached hydrogen (secondary N) is 1. The largest absolute Gasteiger partial charge is 0.480 e. The third kappa shape index (κ3) is 3.33. The molecule has 14 heavy (non-hydrogen) atoms. The predicted octanol–water partition coefficient (Wildman–Crippen LogP) is 0.00230. The molecular weight excluding hydrogens is 186 g/mol. The molecule has 1 aliphatic carbocycles. The van der Waals surface area contributed by atoms with E-state index in [1.165, 1.54) is 0 Å². The molecule has 5 heteroatoms. The molecule has 1 saturated carbocycles. The number of carboxylic acids is 1. The van der Waals surface area contributed by atoms with Crippen LogP contribution in [0, 0.1) is 5.92 Å². The first-order chi connectivity index (χ1) is 6.65. The summed E-state index contributed by atoms with van der Waals surface area (Å²) in [4.78, 5) is 21.7. The maximum Gasteiger partial charge on any atom is 0.323 e. The Morgan fingerprint density at radius 2 is 2.21 bits per heavy atom. The van der Waals surface area contributed by atoms with Gasteiger partial charge in [-0.15, -0.1) is 0 Å². The summed E-state index contributed by atoms with van der Waals surface area (Å²) in [5.41, 5.74) is 0. The first-order valence-electron chi connectivity index (χ1n) is 4.77. The molecule has 0 aromatic rings. The van der Waals surface area contributed by atoms with Crippen LogP contribution in [0.4, 0.5) is 0 Å². The minimum atomic E-state index is -0.958. The maximum absolute atomic E-state index is 11.4. The van der Waals surface area contributed by atoms with E-state index in [4.69, 9.17) is 9.84 Å². The summed E-state index contributed by atoms with van der Waals surface area (Å²) in [6.07, 6.45) is 1.94. The van der Waals surface area contributed by atoms with Crippen molar-refractivity contribution < 1.29 is 19.4 Å². The number of hydrogen-bond donors (Lipinski definition) is 2. The van der Waals surface area contributed by atoms with Crippen LogP contribution < -0.4 is 5.32 Å². The van der Waals surface area contributed by atoms with Crippen molar-refractivity contribution in [2.75, 3.05) is 13.2 Å². The topological polar surface area (TPSA) is 75.6 Å². The zero-order valence-corrected chi connectivity index (χ0v) is 8.16. The van der Waals surface area contributed by atoms with E-state index in [9.17, 15) is 9.59 Å². The van der Waals surface area contributed by atoms with Gasteiger partial charge < -0.3 is 9.84 Å². The molecule has 0 spiro atoms. The van der Waals surface area contributed by atoms with Crippen molar-refractivity contribution in [2.45, 2.75) is 25.8 Å². The quantitative estimate of drug-likeness (QED) is 0.592. The fourth-order valence-corrected chi connectivity index (χ4v) is 1.30. The number of hydrogen-bond acceptors (Lipinski definition) is 4. The molecule has 0 amide bonds. The van der Waals surface area contributed by atoms with Crippen LogP contribution in [0.25, 0.3) is 0 Å². The fourth-order valence-electron chi connectivity index (χ4n) is 1.30. The molecule has 0 saturated heterocycles. The number of esters is 1. The Morgan fingerprint density at radius 3 is 2.64 bits per heavy atom.